The Bertz CT molecular complexity index is 500. The third kappa shape index (κ3) is 3.80. The van der Waals surface area contributed by atoms with Crippen LogP contribution in [0.5, 0.6) is 0 Å². The van der Waals surface area contributed by atoms with Crippen LogP contribution in [0, 0.1) is 5.41 Å². The third-order valence-corrected chi connectivity index (χ3v) is 4.04. The molecule has 0 amide bonds. The highest BCUT2D eigenvalue weighted by Gasteiger charge is 2.40. The van der Waals surface area contributed by atoms with Crippen LogP contribution in [0.15, 0.2) is 45.6 Å². The molecule has 0 N–H and O–H groups in total. The van der Waals surface area contributed by atoms with Crippen LogP contribution in [0.2, 0.25) is 0 Å². The second kappa shape index (κ2) is 6.69. The second-order valence-electron chi connectivity index (χ2n) is 6.50. The first-order chi connectivity index (χ1) is 10.7. The van der Waals surface area contributed by atoms with Gasteiger partial charge >= 0.3 is 0 Å². The molecule has 120 valence electrons. The molecule has 0 bridgehead atoms. The van der Waals surface area contributed by atoms with Gasteiger partial charge in [0.15, 0.2) is 0 Å². The topological polar surface area (TPSA) is 42.0 Å². The molecule has 0 spiro atoms. The molecule has 22 heavy (non-hydrogen) atoms. The minimum atomic E-state index is 0.197. The van der Waals surface area contributed by atoms with Crippen LogP contribution in [-0.4, -0.2) is 50.2 Å². The molecule has 3 heterocycles. The van der Waals surface area contributed by atoms with Gasteiger partial charge in [-0.3, -0.25) is 9.80 Å². The Morgan fingerprint density at radius 3 is 1.73 bits per heavy atom. The fraction of sp³-hybridized carbons (Fsp3) is 0.529. The molecule has 2 aromatic heterocycles. The van der Waals surface area contributed by atoms with Crippen molar-refractivity contribution in [3.63, 3.8) is 0 Å². The van der Waals surface area contributed by atoms with Gasteiger partial charge in [-0.15, -0.1) is 0 Å². The number of furan rings is 2. The van der Waals surface area contributed by atoms with Crippen LogP contribution in [0.4, 0.5) is 0 Å². The van der Waals surface area contributed by atoms with E-state index in [1.165, 1.54) is 0 Å². The van der Waals surface area contributed by atoms with E-state index in [4.69, 9.17) is 13.6 Å². The van der Waals surface area contributed by atoms with Crippen LogP contribution in [0.3, 0.4) is 0 Å². The van der Waals surface area contributed by atoms with Crippen molar-refractivity contribution in [2.24, 2.45) is 5.41 Å². The normalized spacial score (nSPS) is 17.1. The van der Waals surface area contributed by atoms with E-state index in [9.17, 15) is 0 Å². The van der Waals surface area contributed by atoms with Crippen molar-refractivity contribution < 1.29 is 13.6 Å². The molecule has 1 saturated heterocycles. The van der Waals surface area contributed by atoms with Gasteiger partial charge in [0.25, 0.3) is 0 Å². The van der Waals surface area contributed by atoms with E-state index >= 15 is 0 Å². The summed E-state index contributed by atoms with van der Waals surface area (Å²) < 4.78 is 16.4. The fourth-order valence-electron chi connectivity index (χ4n) is 3.22. The second-order valence-corrected chi connectivity index (χ2v) is 6.50. The monoisotopic (exact) mass is 304 g/mol. The maximum Gasteiger partial charge on any atom is 0.117 e. The quantitative estimate of drug-likeness (QED) is 0.749. The number of hydrogen-bond donors (Lipinski definition) is 0. The molecule has 5 heteroatoms. The number of ether oxygens (including phenoxy) is 1. The predicted octanol–water partition coefficient (Wildman–Crippen LogP) is 2.45. The minimum Gasteiger partial charge on any atom is -0.468 e. The summed E-state index contributed by atoms with van der Waals surface area (Å²) in [6.45, 7) is 5.29. The molecule has 0 atom stereocenters. The molecule has 2 aromatic rings. The molecule has 0 aliphatic carbocycles. The smallest absolute Gasteiger partial charge is 0.117 e. The van der Waals surface area contributed by atoms with Gasteiger partial charge in [0.1, 0.15) is 11.5 Å². The van der Waals surface area contributed by atoms with Gasteiger partial charge in [-0.1, -0.05) is 0 Å². The third-order valence-electron chi connectivity index (χ3n) is 4.04. The van der Waals surface area contributed by atoms with E-state index in [0.717, 1.165) is 50.9 Å². The van der Waals surface area contributed by atoms with Crippen LogP contribution in [-0.2, 0) is 17.8 Å². The first kappa shape index (κ1) is 15.3. The Morgan fingerprint density at radius 1 is 0.909 bits per heavy atom. The lowest BCUT2D eigenvalue weighted by molar-refractivity contribution is -0.136. The Labute approximate surface area is 131 Å². The highest BCUT2D eigenvalue weighted by molar-refractivity contribution is 5.00. The van der Waals surface area contributed by atoms with Crippen molar-refractivity contribution in [1.29, 1.82) is 0 Å². The summed E-state index contributed by atoms with van der Waals surface area (Å²) in [5, 5.41) is 0. The average Bonchev–Trinajstić information content (AvgIpc) is 3.09. The van der Waals surface area contributed by atoms with Crippen molar-refractivity contribution in [3.05, 3.63) is 48.3 Å². The van der Waals surface area contributed by atoms with Crippen LogP contribution in [0.25, 0.3) is 0 Å². The molecular weight excluding hydrogens is 280 g/mol. The average molecular weight is 304 g/mol. The van der Waals surface area contributed by atoms with E-state index in [1.54, 1.807) is 12.5 Å². The van der Waals surface area contributed by atoms with Gasteiger partial charge in [0.05, 0.1) is 38.8 Å². The van der Waals surface area contributed by atoms with Crippen molar-refractivity contribution in [3.8, 4) is 0 Å². The van der Waals surface area contributed by atoms with E-state index < -0.39 is 0 Å². The molecule has 0 aromatic carbocycles. The fourth-order valence-corrected chi connectivity index (χ4v) is 3.22. The Hall–Kier alpha value is -1.56. The summed E-state index contributed by atoms with van der Waals surface area (Å²) in [6.07, 6.45) is 3.45. The number of hydrogen-bond acceptors (Lipinski definition) is 5. The van der Waals surface area contributed by atoms with Crippen molar-refractivity contribution in [2.75, 3.05) is 40.4 Å². The van der Waals surface area contributed by atoms with Crippen molar-refractivity contribution in [1.82, 2.24) is 9.80 Å². The molecule has 0 saturated carbocycles. The van der Waals surface area contributed by atoms with Gasteiger partial charge in [0.2, 0.25) is 0 Å². The number of nitrogens with zero attached hydrogens (tertiary/aromatic N) is 2. The largest absolute Gasteiger partial charge is 0.468 e. The Balaban J connectivity index is 1.52. The molecule has 3 rings (SSSR count). The lowest BCUT2D eigenvalue weighted by atomic mass is 9.84. The van der Waals surface area contributed by atoms with Crippen molar-refractivity contribution in [2.45, 2.75) is 13.1 Å². The number of rotatable bonds is 8. The zero-order chi connectivity index (χ0) is 15.4. The molecule has 0 radical (unpaired) electrons. The summed E-state index contributed by atoms with van der Waals surface area (Å²) in [7, 11) is 4.27. The van der Waals surface area contributed by atoms with E-state index in [2.05, 4.69) is 23.9 Å². The zero-order valence-corrected chi connectivity index (χ0v) is 13.3. The van der Waals surface area contributed by atoms with Gasteiger partial charge < -0.3 is 13.6 Å². The minimum absolute atomic E-state index is 0.197. The molecular formula is C17H24N2O3. The highest BCUT2D eigenvalue weighted by atomic mass is 16.5. The first-order valence-electron chi connectivity index (χ1n) is 7.65. The Morgan fingerprint density at radius 2 is 1.41 bits per heavy atom. The molecule has 1 aliphatic heterocycles. The first-order valence-corrected chi connectivity index (χ1v) is 7.65. The van der Waals surface area contributed by atoms with E-state index in [-0.39, 0.29) is 5.41 Å². The van der Waals surface area contributed by atoms with Crippen LogP contribution < -0.4 is 0 Å². The molecule has 5 nitrogen and oxygen atoms in total. The van der Waals surface area contributed by atoms with Crippen molar-refractivity contribution >= 4 is 0 Å². The maximum absolute atomic E-state index is 5.51. The van der Waals surface area contributed by atoms with Crippen LogP contribution in [0.1, 0.15) is 11.5 Å². The molecule has 1 fully saturated rings. The lowest BCUT2D eigenvalue weighted by Gasteiger charge is -2.45. The summed E-state index contributed by atoms with van der Waals surface area (Å²) in [4.78, 5) is 4.62. The van der Waals surface area contributed by atoms with Gasteiger partial charge in [-0.2, -0.15) is 0 Å². The summed E-state index contributed by atoms with van der Waals surface area (Å²) in [5.41, 5.74) is 0.197. The van der Waals surface area contributed by atoms with Crippen LogP contribution >= 0.6 is 0 Å². The molecule has 1 aliphatic rings. The summed E-state index contributed by atoms with van der Waals surface area (Å²) in [5.74, 6) is 2.00. The SMILES string of the molecule is CN(Cc1ccco1)CC1(CN(C)Cc2ccco2)COC1. The Kier molecular flexibility index (Phi) is 4.66. The van der Waals surface area contributed by atoms with Gasteiger partial charge in [0, 0.05) is 18.5 Å². The van der Waals surface area contributed by atoms with E-state index in [1.807, 2.05) is 24.3 Å². The maximum atomic E-state index is 5.51. The zero-order valence-electron chi connectivity index (χ0n) is 13.3. The highest BCUT2D eigenvalue weighted by Crippen LogP contribution is 2.30. The summed E-state index contributed by atoms with van der Waals surface area (Å²) in [6, 6.07) is 7.90. The van der Waals surface area contributed by atoms with Gasteiger partial charge in [-0.05, 0) is 38.4 Å². The standard InChI is InChI=1S/C17H24N2O3/c1-18(9-15-5-3-7-21-15)11-17(13-20-14-17)12-19(2)10-16-6-4-8-22-16/h3-8H,9-14H2,1-2H3. The molecule has 0 unspecified atom stereocenters. The van der Waals surface area contributed by atoms with Gasteiger partial charge in [-0.25, -0.2) is 0 Å². The lowest BCUT2D eigenvalue weighted by Crippen LogP contribution is -2.55. The summed E-state index contributed by atoms with van der Waals surface area (Å²) >= 11 is 0. The van der Waals surface area contributed by atoms with E-state index in [0.29, 0.717) is 0 Å². The predicted molar refractivity (Wildman–Crippen MR) is 83.3 cm³/mol.